The molecule has 1 atom stereocenters. The van der Waals surface area contributed by atoms with E-state index in [4.69, 9.17) is 0 Å². The van der Waals surface area contributed by atoms with E-state index in [-0.39, 0.29) is 11.9 Å². The number of pyridine rings is 1. The van der Waals surface area contributed by atoms with Crippen molar-refractivity contribution in [2.45, 2.75) is 18.9 Å². The van der Waals surface area contributed by atoms with Gasteiger partial charge in [-0.05, 0) is 48.7 Å². The van der Waals surface area contributed by atoms with E-state index in [1.807, 2.05) is 41.3 Å². The lowest BCUT2D eigenvalue weighted by molar-refractivity contribution is 0.0735. The number of nitrogens with zero attached hydrogens (tertiary/aromatic N) is 2. The molecule has 2 aromatic rings. The number of halogens is 1. The Balaban J connectivity index is 1.87. The Labute approximate surface area is 126 Å². The molecule has 0 bridgehead atoms. The molecule has 0 radical (unpaired) electrons. The van der Waals surface area contributed by atoms with Crippen molar-refractivity contribution < 1.29 is 4.79 Å². The van der Waals surface area contributed by atoms with Gasteiger partial charge in [0.15, 0.2) is 0 Å². The van der Waals surface area contributed by atoms with Crippen molar-refractivity contribution >= 4 is 21.8 Å². The minimum Gasteiger partial charge on any atom is -0.332 e. The molecule has 1 unspecified atom stereocenters. The average Bonchev–Trinajstić information content (AvgIpc) is 2.97. The summed E-state index contributed by atoms with van der Waals surface area (Å²) in [6, 6.07) is 11.7. The zero-order valence-corrected chi connectivity index (χ0v) is 12.6. The number of rotatable bonds is 2. The Morgan fingerprint density at radius 3 is 2.80 bits per heavy atom. The highest BCUT2D eigenvalue weighted by atomic mass is 79.9. The van der Waals surface area contributed by atoms with Crippen molar-refractivity contribution in [3.63, 3.8) is 0 Å². The molecule has 0 spiro atoms. The summed E-state index contributed by atoms with van der Waals surface area (Å²) in [7, 11) is 0. The van der Waals surface area contributed by atoms with Gasteiger partial charge in [-0.3, -0.25) is 9.78 Å². The topological polar surface area (TPSA) is 33.2 Å². The van der Waals surface area contributed by atoms with Gasteiger partial charge in [-0.2, -0.15) is 0 Å². The van der Waals surface area contributed by atoms with Crippen LogP contribution in [0.2, 0.25) is 0 Å². The molecular formula is C16H15BrN2O. The molecule has 1 aromatic carbocycles. The van der Waals surface area contributed by atoms with E-state index in [0.717, 1.165) is 29.4 Å². The molecule has 1 aliphatic rings. The Bertz CT molecular complexity index is 615. The molecule has 3 rings (SSSR count). The molecule has 0 saturated carbocycles. The Morgan fingerprint density at radius 2 is 2.05 bits per heavy atom. The third kappa shape index (κ3) is 2.61. The highest BCUT2D eigenvalue weighted by molar-refractivity contribution is 9.10. The SMILES string of the molecule is O=C(c1cccc(Br)c1)N1CCCC1c1ccncc1. The highest BCUT2D eigenvalue weighted by Crippen LogP contribution is 2.33. The molecule has 4 heteroatoms. The van der Waals surface area contributed by atoms with Crippen LogP contribution in [-0.4, -0.2) is 22.3 Å². The first-order valence-corrected chi connectivity index (χ1v) is 7.51. The summed E-state index contributed by atoms with van der Waals surface area (Å²) in [5.74, 6) is 0.102. The zero-order valence-electron chi connectivity index (χ0n) is 11.0. The van der Waals surface area contributed by atoms with Crippen molar-refractivity contribution in [2.24, 2.45) is 0 Å². The fourth-order valence-corrected chi connectivity index (χ4v) is 3.13. The minimum absolute atomic E-state index is 0.102. The van der Waals surface area contributed by atoms with Crippen molar-refractivity contribution in [1.29, 1.82) is 0 Å². The number of carbonyl (C=O) groups excluding carboxylic acids is 1. The van der Waals surface area contributed by atoms with Gasteiger partial charge in [0.25, 0.3) is 5.91 Å². The van der Waals surface area contributed by atoms with Crippen LogP contribution in [0.3, 0.4) is 0 Å². The van der Waals surface area contributed by atoms with E-state index in [1.165, 1.54) is 5.56 Å². The van der Waals surface area contributed by atoms with E-state index < -0.39 is 0 Å². The van der Waals surface area contributed by atoms with E-state index in [2.05, 4.69) is 20.9 Å². The molecule has 1 aliphatic heterocycles. The highest BCUT2D eigenvalue weighted by Gasteiger charge is 2.30. The van der Waals surface area contributed by atoms with Crippen molar-refractivity contribution in [3.8, 4) is 0 Å². The molecule has 20 heavy (non-hydrogen) atoms. The summed E-state index contributed by atoms with van der Waals surface area (Å²) in [5.41, 5.74) is 1.90. The minimum atomic E-state index is 0.102. The van der Waals surface area contributed by atoms with Gasteiger partial charge in [0.1, 0.15) is 0 Å². The molecule has 1 saturated heterocycles. The molecule has 3 nitrogen and oxygen atoms in total. The Kier molecular flexibility index (Phi) is 3.83. The number of amides is 1. The number of hydrogen-bond donors (Lipinski definition) is 0. The van der Waals surface area contributed by atoms with Gasteiger partial charge in [0.05, 0.1) is 6.04 Å². The summed E-state index contributed by atoms with van der Waals surface area (Å²) in [5, 5.41) is 0. The molecule has 102 valence electrons. The van der Waals surface area contributed by atoms with Gasteiger partial charge >= 0.3 is 0 Å². The first kappa shape index (κ1) is 13.3. The van der Waals surface area contributed by atoms with Crippen LogP contribution in [0.5, 0.6) is 0 Å². The van der Waals surface area contributed by atoms with Crippen molar-refractivity contribution in [3.05, 3.63) is 64.4 Å². The number of benzene rings is 1. The second kappa shape index (κ2) is 5.75. The monoisotopic (exact) mass is 330 g/mol. The van der Waals surface area contributed by atoms with E-state index in [1.54, 1.807) is 12.4 Å². The van der Waals surface area contributed by atoms with Crippen LogP contribution >= 0.6 is 15.9 Å². The van der Waals surface area contributed by atoms with E-state index in [0.29, 0.717) is 0 Å². The lowest BCUT2D eigenvalue weighted by atomic mass is 10.1. The van der Waals surface area contributed by atoms with Gasteiger partial charge in [-0.1, -0.05) is 22.0 Å². The predicted octanol–water partition coefficient (Wildman–Crippen LogP) is 3.82. The smallest absolute Gasteiger partial charge is 0.254 e. The summed E-state index contributed by atoms with van der Waals surface area (Å²) in [6.07, 6.45) is 5.64. The van der Waals surface area contributed by atoms with Crippen LogP contribution < -0.4 is 0 Å². The molecule has 1 aromatic heterocycles. The van der Waals surface area contributed by atoms with Crippen LogP contribution in [0.15, 0.2) is 53.3 Å². The molecule has 0 aliphatic carbocycles. The van der Waals surface area contributed by atoms with Gasteiger partial charge in [0, 0.05) is 29.0 Å². The maximum absolute atomic E-state index is 12.7. The second-order valence-electron chi connectivity index (χ2n) is 4.95. The summed E-state index contributed by atoms with van der Waals surface area (Å²) < 4.78 is 0.933. The standard InChI is InChI=1S/C16H15BrN2O/c17-14-4-1-3-13(11-14)16(20)19-10-2-5-15(19)12-6-8-18-9-7-12/h1,3-4,6-9,11,15H,2,5,10H2. The third-order valence-electron chi connectivity index (χ3n) is 3.68. The fraction of sp³-hybridized carbons (Fsp3) is 0.250. The van der Waals surface area contributed by atoms with Gasteiger partial charge in [-0.25, -0.2) is 0 Å². The second-order valence-corrected chi connectivity index (χ2v) is 5.86. The van der Waals surface area contributed by atoms with Crippen LogP contribution in [0.1, 0.15) is 34.8 Å². The first-order valence-electron chi connectivity index (χ1n) is 6.72. The van der Waals surface area contributed by atoms with E-state index >= 15 is 0 Å². The lowest BCUT2D eigenvalue weighted by Crippen LogP contribution is -2.30. The normalized spacial score (nSPS) is 18.2. The molecule has 0 N–H and O–H groups in total. The number of hydrogen-bond acceptors (Lipinski definition) is 2. The van der Waals surface area contributed by atoms with Crippen LogP contribution in [0, 0.1) is 0 Å². The molecule has 2 heterocycles. The fourth-order valence-electron chi connectivity index (χ4n) is 2.73. The quantitative estimate of drug-likeness (QED) is 0.838. The largest absolute Gasteiger partial charge is 0.332 e. The van der Waals surface area contributed by atoms with Crippen LogP contribution in [0.4, 0.5) is 0 Å². The molecule has 1 fully saturated rings. The number of carbonyl (C=O) groups is 1. The van der Waals surface area contributed by atoms with E-state index in [9.17, 15) is 4.79 Å². The maximum Gasteiger partial charge on any atom is 0.254 e. The van der Waals surface area contributed by atoms with Gasteiger partial charge < -0.3 is 4.90 Å². The van der Waals surface area contributed by atoms with Crippen molar-refractivity contribution in [1.82, 2.24) is 9.88 Å². The van der Waals surface area contributed by atoms with Crippen LogP contribution in [-0.2, 0) is 0 Å². The molecular weight excluding hydrogens is 316 g/mol. The third-order valence-corrected chi connectivity index (χ3v) is 4.17. The first-order chi connectivity index (χ1) is 9.75. The van der Waals surface area contributed by atoms with Gasteiger partial charge in [0.2, 0.25) is 0 Å². The Hall–Kier alpha value is -1.68. The Morgan fingerprint density at radius 1 is 1.25 bits per heavy atom. The average molecular weight is 331 g/mol. The van der Waals surface area contributed by atoms with Gasteiger partial charge in [-0.15, -0.1) is 0 Å². The number of likely N-dealkylation sites (tertiary alicyclic amines) is 1. The maximum atomic E-state index is 12.7. The summed E-state index contributed by atoms with van der Waals surface area (Å²) in [4.78, 5) is 18.7. The van der Waals surface area contributed by atoms with Crippen molar-refractivity contribution in [2.75, 3.05) is 6.54 Å². The van der Waals surface area contributed by atoms with Crippen LogP contribution in [0.25, 0.3) is 0 Å². The molecule has 1 amide bonds. The summed E-state index contributed by atoms with van der Waals surface area (Å²) in [6.45, 7) is 0.818. The lowest BCUT2D eigenvalue weighted by Gasteiger charge is -2.25. The zero-order chi connectivity index (χ0) is 13.9. The predicted molar refractivity (Wildman–Crippen MR) is 81.4 cm³/mol. The number of aromatic nitrogens is 1. The summed E-state index contributed by atoms with van der Waals surface area (Å²) >= 11 is 3.42.